The predicted octanol–water partition coefficient (Wildman–Crippen LogP) is 2.73. The molecule has 0 bridgehead atoms. The Hall–Kier alpha value is -2.93. The molecule has 3 rings (SSSR count). The van der Waals surface area contributed by atoms with Crippen LogP contribution >= 0.6 is 0 Å². The SMILES string of the molecule is CC(C)OC(=O)CC(NC(=O)c1ccc(N2CCOCC2)nc1)c1ccccc1. The molecule has 1 aromatic carbocycles. The standard InChI is InChI=1S/C22H27N3O4/c1-16(2)29-21(26)14-19(17-6-4-3-5-7-17)24-22(27)18-8-9-20(23-15-18)25-10-12-28-13-11-25/h3-9,15-16,19H,10-14H2,1-2H3,(H,24,27). The van der Waals surface area contributed by atoms with Gasteiger partial charge in [-0.05, 0) is 31.5 Å². The largest absolute Gasteiger partial charge is 0.463 e. The van der Waals surface area contributed by atoms with E-state index in [1.54, 1.807) is 26.1 Å². The van der Waals surface area contributed by atoms with E-state index in [1.165, 1.54) is 0 Å². The molecule has 2 heterocycles. The van der Waals surface area contributed by atoms with Gasteiger partial charge >= 0.3 is 5.97 Å². The summed E-state index contributed by atoms with van der Waals surface area (Å²) in [7, 11) is 0. The van der Waals surface area contributed by atoms with E-state index in [1.807, 2.05) is 36.4 Å². The van der Waals surface area contributed by atoms with Crippen LogP contribution in [0.25, 0.3) is 0 Å². The van der Waals surface area contributed by atoms with Crippen molar-refractivity contribution in [3.05, 3.63) is 59.8 Å². The van der Waals surface area contributed by atoms with Crippen molar-refractivity contribution < 1.29 is 19.1 Å². The normalized spacial score (nSPS) is 15.1. The molecular formula is C22H27N3O4. The second kappa shape index (κ2) is 10.0. The van der Waals surface area contributed by atoms with Gasteiger partial charge in [0.15, 0.2) is 0 Å². The molecule has 1 fully saturated rings. The van der Waals surface area contributed by atoms with Crippen LogP contribution in [0.5, 0.6) is 0 Å². The van der Waals surface area contributed by atoms with Gasteiger partial charge in [0.05, 0.1) is 37.3 Å². The van der Waals surface area contributed by atoms with Gasteiger partial charge in [-0.25, -0.2) is 4.98 Å². The van der Waals surface area contributed by atoms with Crippen molar-refractivity contribution in [3.63, 3.8) is 0 Å². The van der Waals surface area contributed by atoms with Crippen LogP contribution in [-0.2, 0) is 14.3 Å². The van der Waals surface area contributed by atoms with Crippen molar-refractivity contribution in [1.29, 1.82) is 0 Å². The molecule has 0 saturated carbocycles. The first-order valence-corrected chi connectivity index (χ1v) is 9.87. The summed E-state index contributed by atoms with van der Waals surface area (Å²) in [5.41, 5.74) is 1.29. The van der Waals surface area contributed by atoms with Crippen molar-refractivity contribution in [2.45, 2.75) is 32.4 Å². The molecule has 1 atom stereocenters. The van der Waals surface area contributed by atoms with Gasteiger partial charge in [-0.2, -0.15) is 0 Å². The average Bonchev–Trinajstić information content (AvgIpc) is 2.74. The number of pyridine rings is 1. The highest BCUT2D eigenvalue weighted by Crippen LogP contribution is 2.19. The third-order valence-corrected chi connectivity index (χ3v) is 4.59. The zero-order valence-corrected chi connectivity index (χ0v) is 16.8. The maximum Gasteiger partial charge on any atom is 0.308 e. The van der Waals surface area contributed by atoms with Crippen molar-refractivity contribution in [1.82, 2.24) is 10.3 Å². The quantitative estimate of drug-likeness (QED) is 0.724. The lowest BCUT2D eigenvalue weighted by molar-refractivity contribution is -0.147. The molecule has 1 aromatic heterocycles. The van der Waals surface area contributed by atoms with Gasteiger partial charge in [0, 0.05) is 19.3 Å². The second-order valence-electron chi connectivity index (χ2n) is 7.18. The topological polar surface area (TPSA) is 80.8 Å². The molecule has 154 valence electrons. The molecule has 0 radical (unpaired) electrons. The molecule has 29 heavy (non-hydrogen) atoms. The molecule has 0 spiro atoms. The summed E-state index contributed by atoms with van der Waals surface area (Å²) in [5.74, 6) is 0.192. The number of hydrogen-bond acceptors (Lipinski definition) is 6. The van der Waals surface area contributed by atoms with Crippen LogP contribution in [0.2, 0.25) is 0 Å². The van der Waals surface area contributed by atoms with E-state index < -0.39 is 6.04 Å². The number of aromatic nitrogens is 1. The molecule has 1 aliphatic rings. The fourth-order valence-electron chi connectivity index (χ4n) is 3.16. The van der Waals surface area contributed by atoms with E-state index in [-0.39, 0.29) is 24.4 Å². The number of morpholine rings is 1. The summed E-state index contributed by atoms with van der Waals surface area (Å²) in [5, 5.41) is 2.94. The van der Waals surface area contributed by atoms with Crippen molar-refractivity contribution in [2.24, 2.45) is 0 Å². The summed E-state index contributed by atoms with van der Waals surface area (Å²) >= 11 is 0. The summed E-state index contributed by atoms with van der Waals surface area (Å²) in [4.78, 5) is 31.5. The number of carbonyl (C=O) groups excluding carboxylic acids is 2. The Bertz CT molecular complexity index is 803. The predicted molar refractivity (Wildman–Crippen MR) is 110 cm³/mol. The van der Waals surface area contributed by atoms with Crippen LogP contribution in [0.1, 0.15) is 42.2 Å². The Morgan fingerprint density at radius 3 is 2.48 bits per heavy atom. The summed E-state index contributed by atoms with van der Waals surface area (Å²) in [6.07, 6.45) is 1.42. The van der Waals surface area contributed by atoms with E-state index in [9.17, 15) is 9.59 Å². The monoisotopic (exact) mass is 397 g/mol. The Morgan fingerprint density at radius 2 is 1.86 bits per heavy atom. The van der Waals surface area contributed by atoms with Gasteiger partial charge < -0.3 is 19.7 Å². The molecule has 7 heteroatoms. The van der Waals surface area contributed by atoms with E-state index in [2.05, 4.69) is 15.2 Å². The number of esters is 1. The van der Waals surface area contributed by atoms with Crippen LogP contribution in [0.15, 0.2) is 48.7 Å². The second-order valence-corrected chi connectivity index (χ2v) is 7.18. The first-order valence-electron chi connectivity index (χ1n) is 9.87. The van der Waals surface area contributed by atoms with E-state index in [0.29, 0.717) is 18.8 Å². The average molecular weight is 397 g/mol. The third-order valence-electron chi connectivity index (χ3n) is 4.59. The van der Waals surface area contributed by atoms with Crippen LogP contribution in [0, 0.1) is 0 Å². The molecular weight excluding hydrogens is 370 g/mol. The number of nitrogens with one attached hydrogen (secondary N) is 1. The lowest BCUT2D eigenvalue weighted by Crippen LogP contribution is -2.36. The van der Waals surface area contributed by atoms with Gasteiger partial charge in [0.1, 0.15) is 5.82 Å². The first-order chi connectivity index (χ1) is 14.0. The number of ether oxygens (including phenoxy) is 2. The number of benzene rings is 1. The van der Waals surface area contributed by atoms with Crippen molar-refractivity contribution >= 4 is 17.7 Å². The molecule has 1 amide bonds. The summed E-state index contributed by atoms with van der Waals surface area (Å²) in [6.45, 7) is 6.52. The maximum atomic E-state index is 12.8. The lowest BCUT2D eigenvalue weighted by atomic mass is 10.0. The van der Waals surface area contributed by atoms with Crippen LogP contribution in [-0.4, -0.2) is 49.3 Å². The number of nitrogens with zero attached hydrogens (tertiary/aromatic N) is 2. The molecule has 2 aromatic rings. The number of anilines is 1. The maximum absolute atomic E-state index is 12.8. The van der Waals surface area contributed by atoms with Gasteiger partial charge in [-0.1, -0.05) is 30.3 Å². The van der Waals surface area contributed by atoms with Crippen LogP contribution < -0.4 is 10.2 Å². The number of amides is 1. The Balaban J connectivity index is 1.69. The highest BCUT2D eigenvalue weighted by Gasteiger charge is 2.21. The van der Waals surface area contributed by atoms with E-state index in [0.717, 1.165) is 24.5 Å². The highest BCUT2D eigenvalue weighted by molar-refractivity contribution is 5.94. The van der Waals surface area contributed by atoms with E-state index in [4.69, 9.17) is 9.47 Å². The van der Waals surface area contributed by atoms with Crippen LogP contribution in [0.4, 0.5) is 5.82 Å². The number of hydrogen-bond donors (Lipinski definition) is 1. The smallest absolute Gasteiger partial charge is 0.308 e. The minimum Gasteiger partial charge on any atom is -0.463 e. The Morgan fingerprint density at radius 1 is 1.14 bits per heavy atom. The van der Waals surface area contributed by atoms with Gasteiger partial charge in [0.25, 0.3) is 5.91 Å². The Labute approximate surface area is 171 Å². The number of rotatable bonds is 7. The fraction of sp³-hybridized carbons (Fsp3) is 0.409. The zero-order valence-electron chi connectivity index (χ0n) is 16.8. The molecule has 1 N–H and O–H groups in total. The molecule has 1 unspecified atom stereocenters. The minimum absolute atomic E-state index is 0.0627. The third kappa shape index (κ3) is 6.02. The molecule has 1 aliphatic heterocycles. The zero-order chi connectivity index (χ0) is 20.6. The fourth-order valence-corrected chi connectivity index (χ4v) is 3.16. The molecule has 1 saturated heterocycles. The van der Waals surface area contributed by atoms with Crippen LogP contribution in [0.3, 0.4) is 0 Å². The first kappa shape index (κ1) is 20.8. The lowest BCUT2D eigenvalue weighted by Gasteiger charge is -2.27. The molecule has 0 aliphatic carbocycles. The van der Waals surface area contributed by atoms with E-state index >= 15 is 0 Å². The number of carbonyl (C=O) groups is 2. The minimum atomic E-state index is -0.478. The van der Waals surface area contributed by atoms with Crippen molar-refractivity contribution in [3.8, 4) is 0 Å². The summed E-state index contributed by atoms with van der Waals surface area (Å²) in [6, 6.07) is 12.5. The highest BCUT2D eigenvalue weighted by atomic mass is 16.5. The Kier molecular flexibility index (Phi) is 7.19. The van der Waals surface area contributed by atoms with Gasteiger partial charge in [-0.3, -0.25) is 9.59 Å². The van der Waals surface area contributed by atoms with Crippen molar-refractivity contribution in [2.75, 3.05) is 31.2 Å². The molecule has 7 nitrogen and oxygen atoms in total. The van der Waals surface area contributed by atoms with Gasteiger partial charge in [0.2, 0.25) is 0 Å². The van der Waals surface area contributed by atoms with Gasteiger partial charge in [-0.15, -0.1) is 0 Å². The summed E-state index contributed by atoms with van der Waals surface area (Å²) < 4.78 is 10.6.